The van der Waals surface area contributed by atoms with Crippen molar-refractivity contribution in [2.24, 2.45) is 0 Å². The Balaban J connectivity index is 1.75. The van der Waals surface area contributed by atoms with Gasteiger partial charge in [-0.25, -0.2) is 0 Å². The lowest BCUT2D eigenvalue weighted by Gasteiger charge is -2.29. The van der Waals surface area contributed by atoms with Crippen LogP contribution in [-0.4, -0.2) is 35.1 Å². The third kappa shape index (κ3) is 2.89. The Morgan fingerprint density at radius 3 is 2.90 bits per heavy atom. The molecule has 2 N–H and O–H groups in total. The summed E-state index contributed by atoms with van der Waals surface area (Å²) in [6.07, 6.45) is 4.81. The molecule has 0 amide bonds. The molecule has 1 aliphatic rings. The van der Waals surface area contributed by atoms with E-state index in [4.69, 9.17) is 0 Å². The third-order valence-electron chi connectivity index (χ3n) is 4.40. The Hall–Kier alpha value is -1.32. The monoisotopic (exact) mass is 271 g/mol. The topological polar surface area (TPSA) is 31.1 Å². The van der Waals surface area contributed by atoms with Crippen LogP contribution in [0.1, 0.15) is 32.3 Å². The van der Waals surface area contributed by atoms with Gasteiger partial charge in [-0.3, -0.25) is 4.90 Å². The maximum atomic E-state index is 3.61. The number of fused-ring (bicyclic) bond motifs is 1. The predicted octanol–water partition coefficient (Wildman–Crippen LogP) is 3.13. The molecule has 1 aromatic carbocycles. The fourth-order valence-corrected chi connectivity index (χ4v) is 3.13. The second kappa shape index (κ2) is 5.98. The van der Waals surface area contributed by atoms with Gasteiger partial charge < -0.3 is 10.3 Å². The molecule has 3 heteroatoms. The summed E-state index contributed by atoms with van der Waals surface area (Å²) in [4.78, 5) is 5.97. The van der Waals surface area contributed by atoms with Crippen LogP contribution in [0.25, 0.3) is 10.9 Å². The van der Waals surface area contributed by atoms with E-state index < -0.39 is 0 Å². The normalized spacial score (nSPS) is 19.5. The van der Waals surface area contributed by atoms with Crippen molar-refractivity contribution in [2.45, 2.75) is 45.3 Å². The highest BCUT2D eigenvalue weighted by molar-refractivity contribution is 5.82. The minimum absolute atomic E-state index is 0.575. The molecule has 108 valence electrons. The Bertz CT molecular complexity index is 552. The molecule has 2 heterocycles. The summed E-state index contributed by atoms with van der Waals surface area (Å²) in [5, 5.41) is 4.97. The smallest absolute Gasteiger partial charge is 0.0457 e. The number of rotatable bonds is 5. The average Bonchev–Trinajstić information content (AvgIpc) is 3.08. The summed E-state index contributed by atoms with van der Waals surface area (Å²) in [6.45, 7) is 7.95. The van der Waals surface area contributed by atoms with E-state index >= 15 is 0 Å². The first-order valence-electron chi connectivity index (χ1n) is 7.76. The van der Waals surface area contributed by atoms with E-state index in [1.54, 1.807) is 0 Å². The van der Waals surface area contributed by atoms with Crippen LogP contribution in [0.4, 0.5) is 0 Å². The molecule has 1 unspecified atom stereocenters. The second-order valence-electron chi connectivity index (χ2n) is 6.18. The zero-order valence-electron chi connectivity index (χ0n) is 12.5. The van der Waals surface area contributed by atoms with E-state index in [-0.39, 0.29) is 0 Å². The van der Waals surface area contributed by atoms with Gasteiger partial charge in [0, 0.05) is 42.3 Å². The largest absolute Gasteiger partial charge is 0.361 e. The number of H-pyrrole nitrogens is 1. The summed E-state index contributed by atoms with van der Waals surface area (Å²) in [5.41, 5.74) is 2.65. The summed E-state index contributed by atoms with van der Waals surface area (Å²) < 4.78 is 0. The highest BCUT2D eigenvalue weighted by atomic mass is 15.2. The standard InChI is InChI=1S/C17H25N3/c1-13(2)20(12-15-6-5-9-18-15)11-14-10-19-17-8-4-3-7-16(14)17/h3-4,7-8,10,13,15,18-19H,5-6,9,11-12H2,1-2H3. The fourth-order valence-electron chi connectivity index (χ4n) is 3.13. The molecule has 1 atom stereocenters. The van der Waals surface area contributed by atoms with Gasteiger partial charge in [-0.2, -0.15) is 0 Å². The van der Waals surface area contributed by atoms with Gasteiger partial charge in [0.25, 0.3) is 0 Å². The lowest BCUT2D eigenvalue weighted by atomic mass is 10.1. The number of benzene rings is 1. The van der Waals surface area contributed by atoms with E-state index in [1.165, 1.54) is 35.9 Å². The van der Waals surface area contributed by atoms with Crippen molar-refractivity contribution in [1.82, 2.24) is 15.2 Å². The summed E-state index contributed by atoms with van der Waals surface area (Å²) >= 11 is 0. The molecule has 3 nitrogen and oxygen atoms in total. The number of hydrogen-bond donors (Lipinski definition) is 2. The average molecular weight is 271 g/mol. The van der Waals surface area contributed by atoms with Crippen LogP contribution in [0, 0.1) is 0 Å². The van der Waals surface area contributed by atoms with Crippen molar-refractivity contribution in [1.29, 1.82) is 0 Å². The minimum Gasteiger partial charge on any atom is -0.361 e. The summed E-state index contributed by atoms with van der Waals surface area (Å²) in [5.74, 6) is 0. The van der Waals surface area contributed by atoms with Gasteiger partial charge in [-0.1, -0.05) is 18.2 Å². The summed E-state index contributed by atoms with van der Waals surface area (Å²) in [6, 6.07) is 9.82. The maximum Gasteiger partial charge on any atom is 0.0457 e. The molecule has 0 radical (unpaired) electrons. The molecule has 2 aromatic rings. The van der Waals surface area contributed by atoms with E-state index in [9.17, 15) is 0 Å². The molecule has 1 fully saturated rings. The third-order valence-corrected chi connectivity index (χ3v) is 4.40. The number of aromatic nitrogens is 1. The SMILES string of the molecule is CC(C)N(Cc1c[nH]c2ccccc12)CC1CCCN1. The maximum absolute atomic E-state index is 3.61. The van der Waals surface area contributed by atoms with E-state index in [2.05, 4.69) is 59.5 Å². The highest BCUT2D eigenvalue weighted by Crippen LogP contribution is 2.21. The van der Waals surface area contributed by atoms with Crippen molar-refractivity contribution < 1.29 is 0 Å². The zero-order valence-corrected chi connectivity index (χ0v) is 12.5. The van der Waals surface area contributed by atoms with Crippen LogP contribution >= 0.6 is 0 Å². The molecule has 20 heavy (non-hydrogen) atoms. The van der Waals surface area contributed by atoms with Crippen LogP contribution in [0.5, 0.6) is 0 Å². The van der Waals surface area contributed by atoms with Gasteiger partial charge >= 0.3 is 0 Å². The molecule has 0 spiro atoms. The highest BCUT2D eigenvalue weighted by Gasteiger charge is 2.20. The number of aromatic amines is 1. The Morgan fingerprint density at radius 2 is 2.15 bits per heavy atom. The molecule has 0 bridgehead atoms. The minimum atomic E-state index is 0.575. The number of nitrogens with one attached hydrogen (secondary N) is 2. The Kier molecular flexibility index (Phi) is 4.08. The molecule has 1 aromatic heterocycles. The molecule has 1 saturated heterocycles. The molecule has 3 rings (SSSR count). The molecule has 0 saturated carbocycles. The van der Waals surface area contributed by atoms with Crippen LogP contribution in [0.3, 0.4) is 0 Å². The van der Waals surface area contributed by atoms with Gasteiger partial charge in [-0.15, -0.1) is 0 Å². The van der Waals surface area contributed by atoms with Crippen LogP contribution in [0.15, 0.2) is 30.5 Å². The molecular weight excluding hydrogens is 246 g/mol. The number of hydrogen-bond acceptors (Lipinski definition) is 2. The first-order valence-corrected chi connectivity index (χ1v) is 7.76. The van der Waals surface area contributed by atoms with Gasteiger partial charge in [-0.05, 0) is 44.9 Å². The Labute approximate surface area is 121 Å². The lowest BCUT2D eigenvalue weighted by Crippen LogP contribution is -2.40. The van der Waals surface area contributed by atoms with Crippen LogP contribution < -0.4 is 5.32 Å². The quantitative estimate of drug-likeness (QED) is 0.875. The van der Waals surface area contributed by atoms with Crippen molar-refractivity contribution in [3.63, 3.8) is 0 Å². The number of para-hydroxylation sites is 1. The van der Waals surface area contributed by atoms with Crippen LogP contribution in [0.2, 0.25) is 0 Å². The molecule has 1 aliphatic heterocycles. The van der Waals surface area contributed by atoms with Gasteiger partial charge in [0.1, 0.15) is 0 Å². The van der Waals surface area contributed by atoms with Gasteiger partial charge in [0.2, 0.25) is 0 Å². The van der Waals surface area contributed by atoms with E-state index in [1.807, 2.05) is 0 Å². The first-order chi connectivity index (χ1) is 9.74. The summed E-state index contributed by atoms with van der Waals surface area (Å²) in [7, 11) is 0. The second-order valence-corrected chi connectivity index (χ2v) is 6.18. The van der Waals surface area contributed by atoms with Crippen molar-refractivity contribution >= 4 is 10.9 Å². The lowest BCUT2D eigenvalue weighted by molar-refractivity contribution is 0.195. The van der Waals surface area contributed by atoms with Crippen molar-refractivity contribution in [3.8, 4) is 0 Å². The van der Waals surface area contributed by atoms with E-state index in [0.717, 1.165) is 13.1 Å². The predicted molar refractivity (Wildman–Crippen MR) is 84.9 cm³/mol. The first kappa shape index (κ1) is 13.7. The fraction of sp³-hybridized carbons (Fsp3) is 0.529. The van der Waals surface area contributed by atoms with Gasteiger partial charge in [0.05, 0.1) is 0 Å². The van der Waals surface area contributed by atoms with Gasteiger partial charge in [0.15, 0.2) is 0 Å². The molecule has 0 aliphatic carbocycles. The van der Waals surface area contributed by atoms with Crippen LogP contribution in [-0.2, 0) is 6.54 Å². The Morgan fingerprint density at radius 1 is 1.30 bits per heavy atom. The van der Waals surface area contributed by atoms with Crippen molar-refractivity contribution in [2.75, 3.05) is 13.1 Å². The van der Waals surface area contributed by atoms with E-state index in [0.29, 0.717) is 12.1 Å². The molecular formula is C17H25N3. The number of nitrogens with zero attached hydrogens (tertiary/aromatic N) is 1. The van der Waals surface area contributed by atoms with Crippen molar-refractivity contribution in [3.05, 3.63) is 36.0 Å². The zero-order chi connectivity index (χ0) is 13.9.